The van der Waals surface area contributed by atoms with E-state index in [2.05, 4.69) is 219 Å². The minimum atomic E-state index is -0.114. The molecule has 2 aliphatic rings. The summed E-state index contributed by atoms with van der Waals surface area (Å²) >= 11 is 0. The predicted molar refractivity (Wildman–Crippen MR) is 236 cm³/mol. The molecule has 268 valence electrons. The minimum Gasteiger partial charge on any atom is -0.310 e. The first kappa shape index (κ1) is 32.8. The number of aromatic nitrogens is 1. The van der Waals surface area contributed by atoms with Gasteiger partial charge in [0, 0.05) is 49.9 Å². The summed E-state index contributed by atoms with van der Waals surface area (Å²) in [6.45, 7) is 9.45. The molecule has 0 aliphatic heterocycles. The van der Waals surface area contributed by atoms with Gasteiger partial charge in [-0.05, 0) is 105 Å². The molecule has 0 saturated heterocycles. The molecule has 0 N–H and O–H groups in total. The second kappa shape index (κ2) is 11.9. The molecule has 11 rings (SSSR count). The molecule has 8 aromatic carbocycles. The molecule has 0 fully saturated rings. The molecule has 2 nitrogen and oxygen atoms in total. The molecule has 0 unspecified atom stereocenters. The summed E-state index contributed by atoms with van der Waals surface area (Å²) in [4.78, 5) is 2.48. The molecule has 0 saturated carbocycles. The first-order valence-electron chi connectivity index (χ1n) is 19.8. The van der Waals surface area contributed by atoms with E-state index in [9.17, 15) is 0 Å². The second-order valence-corrected chi connectivity index (χ2v) is 16.6. The van der Waals surface area contributed by atoms with Crippen LogP contribution in [0.4, 0.5) is 17.1 Å². The Bertz CT molecular complexity index is 3030. The van der Waals surface area contributed by atoms with E-state index in [1.165, 1.54) is 77.4 Å². The Morgan fingerprint density at radius 3 is 1.73 bits per heavy atom. The summed E-state index contributed by atoms with van der Waals surface area (Å²) in [5.74, 6) is 0. The van der Waals surface area contributed by atoms with Crippen molar-refractivity contribution in [3.63, 3.8) is 0 Å². The third kappa shape index (κ3) is 4.62. The Balaban J connectivity index is 1.14. The van der Waals surface area contributed by atoms with Gasteiger partial charge in [-0.15, -0.1) is 0 Å². The third-order valence-electron chi connectivity index (χ3n) is 12.8. The van der Waals surface area contributed by atoms with Gasteiger partial charge in [0.05, 0.1) is 11.0 Å². The highest BCUT2D eigenvalue weighted by Crippen LogP contribution is 2.53. The quantitative estimate of drug-likeness (QED) is 0.172. The van der Waals surface area contributed by atoms with Crippen LogP contribution < -0.4 is 4.90 Å². The topological polar surface area (TPSA) is 8.17 Å². The molecular formula is C54H42N2. The fourth-order valence-electron chi connectivity index (χ4n) is 10.0. The fourth-order valence-corrected chi connectivity index (χ4v) is 10.0. The zero-order valence-electron chi connectivity index (χ0n) is 32.2. The van der Waals surface area contributed by atoms with Crippen LogP contribution in [0.5, 0.6) is 0 Å². The molecule has 0 amide bonds. The van der Waals surface area contributed by atoms with E-state index in [1.807, 2.05) is 0 Å². The van der Waals surface area contributed by atoms with Crippen molar-refractivity contribution in [2.45, 2.75) is 38.5 Å². The Labute approximate surface area is 328 Å². The van der Waals surface area contributed by atoms with E-state index >= 15 is 0 Å². The van der Waals surface area contributed by atoms with Gasteiger partial charge >= 0.3 is 0 Å². The predicted octanol–water partition coefficient (Wildman–Crippen LogP) is 14.5. The number of hydrogen-bond donors (Lipinski definition) is 0. The van der Waals surface area contributed by atoms with Crippen molar-refractivity contribution in [2.75, 3.05) is 4.90 Å². The number of fused-ring (bicyclic) bond motifs is 9. The van der Waals surface area contributed by atoms with Crippen LogP contribution in [0.1, 0.15) is 49.9 Å². The summed E-state index contributed by atoms with van der Waals surface area (Å²) in [7, 11) is 0. The zero-order chi connectivity index (χ0) is 37.8. The van der Waals surface area contributed by atoms with E-state index in [1.54, 1.807) is 0 Å². The van der Waals surface area contributed by atoms with Gasteiger partial charge in [0.2, 0.25) is 0 Å². The second-order valence-electron chi connectivity index (χ2n) is 16.6. The number of hydrogen-bond acceptors (Lipinski definition) is 1. The molecule has 9 aromatic rings. The maximum absolute atomic E-state index is 2.48. The summed E-state index contributed by atoms with van der Waals surface area (Å²) in [6.07, 6.45) is 0. The van der Waals surface area contributed by atoms with E-state index in [0.717, 1.165) is 22.7 Å². The highest BCUT2D eigenvalue weighted by Gasteiger charge is 2.37. The standard InChI is InChI=1S/C54H42N2/c1-53(2)48-26-12-9-21-42(48)46-33-38(29-31-49(46)53)55(39-28-30-43-41-20-8-11-25-47(41)54(3,4)50(43)34-39)37-19-14-16-35(32-37)40-23-15-24-45-44-22-10-13-27-51(44)56(52(40)45)36-17-6-5-7-18-36/h5-34H,1-4H3. The van der Waals surface area contributed by atoms with Crippen molar-refractivity contribution in [3.05, 3.63) is 204 Å². The van der Waals surface area contributed by atoms with E-state index in [4.69, 9.17) is 0 Å². The van der Waals surface area contributed by atoms with Crippen molar-refractivity contribution in [1.29, 1.82) is 0 Å². The van der Waals surface area contributed by atoms with Crippen LogP contribution in [-0.2, 0) is 10.8 Å². The van der Waals surface area contributed by atoms with E-state index in [0.29, 0.717) is 0 Å². The minimum absolute atomic E-state index is 0.0610. The summed E-state index contributed by atoms with van der Waals surface area (Å²) < 4.78 is 2.43. The van der Waals surface area contributed by atoms with Crippen LogP contribution in [0.3, 0.4) is 0 Å². The van der Waals surface area contributed by atoms with Crippen molar-refractivity contribution in [3.8, 4) is 39.1 Å². The molecule has 0 spiro atoms. The smallest absolute Gasteiger partial charge is 0.0619 e. The number of anilines is 3. The summed E-state index contributed by atoms with van der Waals surface area (Å²) in [5, 5.41) is 2.51. The maximum atomic E-state index is 2.48. The average molecular weight is 719 g/mol. The first-order valence-corrected chi connectivity index (χ1v) is 19.8. The molecule has 1 heterocycles. The SMILES string of the molecule is CC1(C)c2ccccc2-c2cc(N(c3cccc(-c4cccc5c6ccccc6n(-c6ccccc6)c45)c3)c3ccc4c(c3)C(C)(C)c3ccccc3-4)ccc21. The normalized spacial score (nSPS) is 14.4. The number of para-hydroxylation sites is 3. The van der Waals surface area contributed by atoms with Gasteiger partial charge in [-0.1, -0.05) is 155 Å². The lowest BCUT2D eigenvalue weighted by Crippen LogP contribution is -2.17. The summed E-state index contributed by atoms with van der Waals surface area (Å²) in [6, 6.07) is 67.6. The van der Waals surface area contributed by atoms with Gasteiger partial charge in [0.25, 0.3) is 0 Å². The van der Waals surface area contributed by atoms with Crippen molar-refractivity contribution >= 4 is 38.9 Å². The van der Waals surface area contributed by atoms with Crippen LogP contribution in [0.25, 0.3) is 60.9 Å². The molecule has 2 heteroatoms. The van der Waals surface area contributed by atoms with Crippen LogP contribution in [0.15, 0.2) is 182 Å². The highest BCUT2D eigenvalue weighted by atomic mass is 15.1. The van der Waals surface area contributed by atoms with Gasteiger partial charge in [0.15, 0.2) is 0 Å². The van der Waals surface area contributed by atoms with E-state index < -0.39 is 0 Å². The Morgan fingerprint density at radius 1 is 0.375 bits per heavy atom. The Kier molecular flexibility index (Phi) is 6.98. The monoisotopic (exact) mass is 718 g/mol. The van der Waals surface area contributed by atoms with Crippen LogP contribution in [0, 0.1) is 0 Å². The lowest BCUT2D eigenvalue weighted by molar-refractivity contribution is 0.660. The average Bonchev–Trinajstić information content (AvgIpc) is 3.78. The number of rotatable bonds is 5. The van der Waals surface area contributed by atoms with Crippen LogP contribution in [0.2, 0.25) is 0 Å². The first-order chi connectivity index (χ1) is 27.3. The van der Waals surface area contributed by atoms with Crippen molar-refractivity contribution in [1.82, 2.24) is 4.57 Å². The van der Waals surface area contributed by atoms with Gasteiger partial charge in [-0.3, -0.25) is 0 Å². The maximum Gasteiger partial charge on any atom is 0.0619 e. The molecule has 56 heavy (non-hydrogen) atoms. The fraction of sp³-hybridized carbons (Fsp3) is 0.111. The number of nitrogens with zero attached hydrogens (tertiary/aromatic N) is 2. The molecular weight excluding hydrogens is 677 g/mol. The van der Waals surface area contributed by atoms with E-state index in [-0.39, 0.29) is 10.8 Å². The van der Waals surface area contributed by atoms with Crippen LogP contribution >= 0.6 is 0 Å². The van der Waals surface area contributed by atoms with Gasteiger partial charge < -0.3 is 9.47 Å². The summed E-state index contributed by atoms with van der Waals surface area (Å²) in [5.41, 5.74) is 20.1. The van der Waals surface area contributed by atoms with Gasteiger partial charge in [-0.25, -0.2) is 0 Å². The largest absolute Gasteiger partial charge is 0.310 e. The van der Waals surface area contributed by atoms with Crippen LogP contribution in [-0.4, -0.2) is 4.57 Å². The number of benzene rings is 8. The Hall–Kier alpha value is -6.64. The van der Waals surface area contributed by atoms with Gasteiger partial charge in [-0.2, -0.15) is 0 Å². The van der Waals surface area contributed by atoms with Crippen molar-refractivity contribution in [2.24, 2.45) is 0 Å². The molecule has 0 atom stereocenters. The molecule has 2 aliphatic carbocycles. The third-order valence-corrected chi connectivity index (χ3v) is 12.8. The zero-order valence-corrected chi connectivity index (χ0v) is 32.2. The highest BCUT2D eigenvalue weighted by molar-refractivity contribution is 6.14. The lowest BCUT2D eigenvalue weighted by Gasteiger charge is -2.29. The Morgan fingerprint density at radius 2 is 0.929 bits per heavy atom. The molecule has 0 radical (unpaired) electrons. The molecule has 1 aromatic heterocycles. The van der Waals surface area contributed by atoms with Crippen molar-refractivity contribution < 1.29 is 0 Å². The van der Waals surface area contributed by atoms with Gasteiger partial charge in [0.1, 0.15) is 0 Å². The molecule has 0 bridgehead atoms. The lowest BCUT2D eigenvalue weighted by atomic mass is 9.82.